The molecule has 0 saturated carbocycles. The molecule has 0 spiro atoms. The molecule has 1 N–H and O–H groups in total. The van der Waals surface area contributed by atoms with Gasteiger partial charge >= 0.3 is 0 Å². The van der Waals surface area contributed by atoms with E-state index in [0.29, 0.717) is 6.04 Å². The number of hydrogen-bond acceptors (Lipinski definition) is 1. The molecule has 0 bridgehead atoms. The molecule has 2 atom stereocenters. The standard InChI is InChI=1S/C14H23N/c1-12(13(2)15-3)8-7-11-14-9-5-4-6-10-14/h4-6,9-10,12-13,15H,7-8,11H2,1-3H3. The predicted octanol–water partition coefficient (Wildman–Crippen LogP) is 3.25. The molecule has 0 saturated heterocycles. The fourth-order valence-corrected chi connectivity index (χ4v) is 1.81. The number of benzene rings is 1. The van der Waals surface area contributed by atoms with E-state index in [0.717, 1.165) is 5.92 Å². The number of hydrogen-bond donors (Lipinski definition) is 1. The minimum absolute atomic E-state index is 0.626. The van der Waals surface area contributed by atoms with Crippen LogP contribution in [-0.2, 0) is 6.42 Å². The van der Waals surface area contributed by atoms with Crippen LogP contribution in [0.25, 0.3) is 0 Å². The Bertz CT molecular complexity index is 255. The Morgan fingerprint density at radius 1 is 1.13 bits per heavy atom. The first-order valence-electron chi connectivity index (χ1n) is 5.95. The monoisotopic (exact) mass is 205 g/mol. The van der Waals surface area contributed by atoms with Crippen LogP contribution in [0.3, 0.4) is 0 Å². The lowest BCUT2D eigenvalue weighted by Crippen LogP contribution is -2.28. The van der Waals surface area contributed by atoms with Crippen LogP contribution in [0.1, 0.15) is 32.3 Å². The molecule has 1 nitrogen and oxygen atoms in total. The Hall–Kier alpha value is -0.820. The zero-order valence-electron chi connectivity index (χ0n) is 10.2. The van der Waals surface area contributed by atoms with E-state index >= 15 is 0 Å². The molecule has 0 radical (unpaired) electrons. The second-order valence-corrected chi connectivity index (χ2v) is 4.43. The summed E-state index contributed by atoms with van der Waals surface area (Å²) in [6.07, 6.45) is 3.80. The van der Waals surface area contributed by atoms with E-state index in [9.17, 15) is 0 Å². The normalized spacial score (nSPS) is 14.9. The van der Waals surface area contributed by atoms with Crippen molar-refractivity contribution in [3.05, 3.63) is 35.9 Å². The van der Waals surface area contributed by atoms with E-state index in [4.69, 9.17) is 0 Å². The van der Waals surface area contributed by atoms with Crippen LogP contribution in [0, 0.1) is 5.92 Å². The number of aryl methyl sites for hydroxylation is 1. The van der Waals surface area contributed by atoms with Crippen LogP contribution >= 0.6 is 0 Å². The first-order valence-corrected chi connectivity index (χ1v) is 5.95. The van der Waals surface area contributed by atoms with Gasteiger partial charge in [0.1, 0.15) is 0 Å². The molecule has 0 aliphatic carbocycles. The summed E-state index contributed by atoms with van der Waals surface area (Å²) in [5.41, 5.74) is 1.46. The molecule has 1 rings (SSSR count). The first-order chi connectivity index (χ1) is 7.24. The first kappa shape index (κ1) is 12.3. The molecule has 0 fully saturated rings. The topological polar surface area (TPSA) is 12.0 Å². The summed E-state index contributed by atoms with van der Waals surface area (Å²) in [5, 5.41) is 3.31. The van der Waals surface area contributed by atoms with Crippen molar-refractivity contribution >= 4 is 0 Å². The van der Waals surface area contributed by atoms with Crippen molar-refractivity contribution in [3.8, 4) is 0 Å². The van der Waals surface area contributed by atoms with E-state index in [1.807, 2.05) is 7.05 Å². The Morgan fingerprint density at radius 3 is 2.40 bits per heavy atom. The average molecular weight is 205 g/mol. The van der Waals surface area contributed by atoms with E-state index in [-0.39, 0.29) is 0 Å². The summed E-state index contributed by atoms with van der Waals surface area (Å²) in [6.45, 7) is 4.58. The molecule has 0 aromatic heterocycles. The summed E-state index contributed by atoms with van der Waals surface area (Å²) in [4.78, 5) is 0. The third-order valence-corrected chi connectivity index (χ3v) is 3.28. The van der Waals surface area contributed by atoms with Crippen molar-refractivity contribution in [1.82, 2.24) is 5.32 Å². The molecule has 84 valence electrons. The zero-order chi connectivity index (χ0) is 11.1. The second-order valence-electron chi connectivity index (χ2n) is 4.43. The van der Waals surface area contributed by atoms with Crippen molar-refractivity contribution in [2.45, 2.75) is 39.2 Å². The fraction of sp³-hybridized carbons (Fsp3) is 0.571. The Labute approximate surface area is 93.9 Å². The van der Waals surface area contributed by atoms with Gasteiger partial charge in [-0.25, -0.2) is 0 Å². The van der Waals surface area contributed by atoms with Gasteiger partial charge in [0.25, 0.3) is 0 Å². The van der Waals surface area contributed by atoms with Gasteiger partial charge < -0.3 is 5.32 Å². The lowest BCUT2D eigenvalue weighted by Gasteiger charge is -2.18. The van der Waals surface area contributed by atoms with Gasteiger partial charge in [0.2, 0.25) is 0 Å². The fourth-order valence-electron chi connectivity index (χ4n) is 1.81. The molecule has 2 unspecified atom stereocenters. The van der Waals surface area contributed by atoms with Gasteiger partial charge in [-0.05, 0) is 44.7 Å². The van der Waals surface area contributed by atoms with Crippen molar-refractivity contribution in [3.63, 3.8) is 0 Å². The molecule has 1 aromatic carbocycles. The van der Waals surface area contributed by atoms with Crippen molar-refractivity contribution in [2.75, 3.05) is 7.05 Å². The minimum Gasteiger partial charge on any atom is -0.317 e. The van der Waals surface area contributed by atoms with Gasteiger partial charge in [0.15, 0.2) is 0 Å². The molecule has 15 heavy (non-hydrogen) atoms. The highest BCUT2D eigenvalue weighted by Crippen LogP contribution is 2.13. The van der Waals surface area contributed by atoms with Gasteiger partial charge in [0, 0.05) is 6.04 Å². The minimum atomic E-state index is 0.626. The van der Waals surface area contributed by atoms with Crippen molar-refractivity contribution in [2.24, 2.45) is 5.92 Å². The molecule has 1 heteroatoms. The van der Waals surface area contributed by atoms with Gasteiger partial charge in [0.05, 0.1) is 0 Å². The maximum absolute atomic E-state index is 3.31. The summed E-state index contributed by atoms with van der Waals surface area (Å²) in [6, 6.07) is 11.4. The highest BCUT2D eigenvalue weighted by molar-refractivity contribution is 5.14. The Morgan fingerprint density at radius 2 is 1.80 bits per heavy atom. The van der Waals surface area contributed by atoms with Crippen LogP contribution in [0.15, 0.2) is 30.3 Å². The van der Waals surface area contributed by atoms with Crippen LogP contribution in [0.5, 0.6) is 0 Å². The summed E-state index contributed by atoms with van der Waals surface area (Å²) in [7, 11) is 2.04. The van der Waals surface area contributed by atoms with Crippen LogP contribution in [-0.4, -0.2) is 13.1 Å². The molecule has 0 aliphatic rings. The zero-order valence-corrected chi connectivity index (χ0v) is 10.2. The van der Waals surface area contributed by atoms with Gasteiger partial charge in [-0.2, -0.15) is 0 Å². The molecule has 0 amide bonds. The summed E-state index contributed by atoms with van der Waals surface area (Å²) >= 11 is 0. The molecular weight excluding hydrogens is 182 g/mol. The van der Waals surface area contributed by atoms with E-state index < -0.39 is 0 Å². The van der Waals surface area contributed by atoms with Crippen molar-refractivity contribution < 1.29 is 0 Å². The average Bonchev–Trinajstić information content (AvgIpc) is 2.29. The van der Waals surface area contributed by atoms with E-state index in [1.165, 1.54) is 24.8 Å². The smallest absolute Gasteiger partial charge is 0.00613 e. The highest BCUT2D eigenvalue weighted by atomic mass is 14.9. The summed E-state index contributed by atoms with van der Waals surface area (Å²) < 4.78 is 0. The lowest BCUT2D eigenvalue weighted by atomic mass is 9.95. The Kier molecular flexibility index (Phi) is 5.41. The number of rotatable bonds is 6. The third-order valence-electron chi connectivity index (χ3n) is 3.28. The predicted molar refractivity (Wildman–Crippen MR) is 67.1 cm³/mol. The lowest BCUT2D eigenvalue weighted by molar-refractivity contribution is 0.392. The highest BCUT2D eigenvalue weighted by Gasteiger charge is 2.08. The second kappa shape index (κ2) is 6.62. The van der Waals surface area contributed by atoms with Crippen LogP contribution in [0.4, 0.5) is 0 Å². The molecule has 0 aliphatic heterocycles. The maximum Gasteiger partial charge on any atom is 0.00613 e. The van der Waals surface area contributed by atoms with E-state index in [1.54, 1.807) is 0 Å². The summed E-state index contributed by atoms with van der Waals surface area (Å²) in [5.74, 6) is 0.763. The largest absolute Gasteiger partial charge is 0.317 e. The number of nitrogens with one attached hydrogen (secondary N) is 1. The van der Waals surface area contributed by atoms with Crippen LogP contribution < -0.4 is 5.32 Å². The molecule has 1 aromatic rings. The Balaban J connectivity index is 2.22. The maximum atomic E-state index is 3.31. The third kappa shape index (κ3) is 4.48. The van der Waals surface area contributed by atoms with Crippen molar-refractivity contribution in [1.29, 1.82) is 0 Å². The van der Waals surface area contributed by atoms with Gasteiger partial charge in [-0.3, -0.25) is 0 Å². The molecule has 0 heterocycles. The quantitative estimate of drug-likeness (QED) is 0.751. The van der Waals surface area contributed by atoms with E-state index in [2.05, 4.69) is 49.5 Å². The van der Waals surface area contributed by atoms with Gasteiger partial charge in [-0.15, -0.1) is 0 Å². The van der Waals surface area contributed by atoms with Crippen LogP contribution in [0.2, 0.25) is 0 Å². The molecular formula is C14H23N. The SMILES string of the molecule is CNC(C)C(C)CCCc1ccccc1. The van der Waals surface area contributed by atoms with Gasteiger partial charge in [-0.1, -0.05) is 37.3 Å².